The second-order valence-electron chi connectivity index (χ2n) is 7.62. The van der Waals surface area contributed by atoms with E-state index in [1.54, 1.807) is 12.1 Å². The molecule has 0 amide bonds. The maximum atomic E-state index is 11.7. The summed E-state index contributed by atoms with van der Waals surface area (Å²) in [5.74, 6) is -1.19. The molecule has 4 aromatic rings. The Morgan fingerprint density at radius 2 is 1.18 bits per heavy atom. The highest BCUT2D eigenvalue weighted by atomic mass is 16.5. The lowest BCUT2D eigenvalue weighted by atomic mass is 9.98. The van der Waals surface area contributed by atoms with Crippen LogP contribution in [0.1, 0.15) is 31.8 Å². The molecule has 0 saturated heterocycles. The zero-order valence-electron chi connectivity index (χ0n) is 18.9. The Labute approximate surface area is 194 Å². The quantitative estimate of drug-likeness (QED) is 0.356. The highest BCUT2D eigenvalue weighted by molar-refractivity contribution is 5.97. The molecule has 0 bridgehead atoms. The Balaban J connectivity index is 0.000000186. The van der Waals surface area contributed by atoms with Crippen molar-refractivity contribution in [1.29, 1.82) is 0 Å². The van der Waals surface area contributed by atoms with Gasteiger partial charge in [-0.1, -0.05) is 96.1 Å². The highest BCUT2D eigenvalue weighted by Crippen LogP contribution is 2.25. The van der Waals surface area contributed by atoms with Gasteiger partial charge in [0.2, 0.25) is 0 Å². The number of carboxylic acid groups (broad SMARTS) is 1. The average molecular weight is 439 g/mol. The number of carbonyl (C=O) groups is 2. The molecule has 4 aromatic carbocycles. The molecular formula is C29H26O4. The molecule has 0 atom stereocenters. The van der Waals surface area contributed by atoms with E-state index in [4.69, 9.17) is 9.84 Å². The molecule has 1 N–H and O–H groups in total. The predicted molar refractivity (Wildman–Crippen MR) is 132 cm³/mol. The van der Waals surface area contributed by atoms with Gasteiger partial charge in [-0.15, -0.1) is 0 Å². The number of methoxy groups -OCH3 is 1. The predicted octanol–water partition coefficient (Wildman–Crippen LogP) is 6.81. The largest absolute Gasteiger partial charge is 0.478 e. The van der Waals surface area contributed by atoms with Crippen molar-refractivity contribution >= 4 is 11.9 Å². The number of carbonyl (C=O) groups excluding carboxylic acids is 1. The summed E-state index contributed by atoms with van der Waals surface area (Å²) in [7, 11) is 1.40. The molecule has 0 radical (unpaired) electrons. The number of rotatable bonds is 4. The first-order valence-electron chi connectivity index (χ1n) is 10.5. The van der Waals surface area contributed by atoms with Gasteiger partial charge in [-0.2, -0.15) is 0 Å². The number of aryl methyl sites for hydroxylation is 2. The van der Waals surface area contributed by atoms with Crippen molar-refractivity contribution < 1.29 is 19.4 Å². The number of carboxylic acids is 1. The lowest BCUT2D eigenvalue weighted by Crippen LogP contribution is -2.04. The van der Waals surface area contributed by atoms with Crippen LogP contribution in [-0.2, 0) is 4.74 Å². The summed E-state index contributed by atoms with van der Waals surface area (Å²) in [6.45, 7) is 3.97. The fourth-order valence-electron chi connectivity index (χ4n) is 3.46. The van der Waals surface area contributed by atoms with Gasteiger partial charge in [0.15, 0.2) is 0 Å². The Bertz CT molecular complexity index is 1240. The van der Waals surface area contributed by atoms with Crippen LogP contribution in [0, 0.1) is 13.8 Å². The Morgan fingerprint density at radius 3 is 1.82 bits per heavy atom. The van der Waals surface area contributed by atoms with Gasteiger partial charge in [0.1, 0.15) is 0 Å². The maximum Gasteiger partial charge on any atom is 0.338 e. The van der Waals surface area contributed by atoms with Gasteiger partial charge < -0.3 is 9.84 Å². The van der Waals surface area contributed by atoms with E-state index in [2.05, 4.69) is 0 Å². The van der Waals surface area contributed by atoms with Crippen LogP contribution in [0.15, 0.2) is 97.1 Å². The molecule has 0 fully saturated rings. The normalized spacial score (nSPS) is 10.0. The summed E-state index contributed by atoms with van der Waals surface area (Å²) >= 11 is 0. The topological polar surface area (TPSA) is 63.6 Å². The molecular weight excluding hydrogens is 412 g/mol. The van der Waals surface area contributed by atoms with E-state index in [9.17, 15) is 9.59 Å². The van der Waals surface area contributed by atoms with Gasteiger partial charge in [-0.25, -0.2) is 9.59 Å². The van der Waals surface area contributed by atoms with E-state index in [0.29, 0.717) is 11.1 Å². The third-order valence-corrected chi connectivity index (χ3v) is 5.19. The number of ether oxygens (including phenoxy) is 1. The molecule has 0 spiro atoms. The van der Waals surface area contributed by atoms with Crippen molar-refractivity contribution in [1.82, 2.24) is 0 Å². The Kier molecular flexibility index (Phi) is 7.77. The van der Waals surface area contributed by atoms with Crippen LogP contribution in [0.5, 0.6) is 0 Å². The SMILES string of the molecule is COC(=O)c1cc(C)ccc1-c1ccccc1.Cc1ccc(-c2ccccc2C(=O)O)cc1. The Hall–Kier alpha value is -4.18. The van der Waals surface area contributed by atoms with Crippen LogP contribution >= 0.6 is 0 Å². The van der Waals surface area contributed by atoms with Crippen molar-refractivity contribution in [2.75, 3.05) is 7.11 Å². The van der Waals surface area contributed by atoms with Crippen molar-refractivity contribution in [3.8, 4) is 22.3 Å². The number of benzene rings is 4. The molecule has 0 aliphatic rings. The third-order valence-electron chi connectivity index (χ3n) is 5.19. The van der Waals surface area contributed by atoms with E-state index < -0.39 is 5.97 Å². The molecule has 0 heterocycles. The summed E-state index contributed by atoms with van der Waals surface area (Å²) in [6.07, 6.45) is 0. The van der Waals surface area contributed by atoms with Crippen molar-refractivity contribution in [2.45, 2.75) is 13.8 Å². The molecule has 166 valence electrons. The zero-order valence-corrected chi connectivity index (χ0v) is 18.9. The maximum absolute atomic E-state index is 11.7. The highest BCUT2D eigenvalue weighted by Gasteiger charge is 2.13. The molecule has 4 heteroatoms. The van der Waals surface area contributed by atoms with Crippen LogP contribution in [-0.4, -0.2) is 24.2 Å². The minimum absolute atomic E-state index is 0.299. The van der Waals surface area contributed by atoms with Crippen LogP contribution in [0.3, 0.4) is 0 Å². The second-order valence-corrected chi connectivity index (χ2v) is 7.62. The summed E-state index contributed by atoms with van der Waals surface area (Å²) in [5, 5.41) is 9.08. The molecule has 0 aromatic heterocycles. The molecule has 0 unspecified atom stereocenters. The van der Waals surface area contributed by atoms with Gasteiger partial charge in [-0.3, -0.25) is 0 Å². The van der Waals surface area contributed by atoms with Crippen LogP contribution in [0.2, 0.25) is 0 Å². The number of esters is 1. The molecule has 33 heavy (non-hydrogen) atoms. The van der Waals surface area contributed by atoms with Crippen molar-refractivity contribution in [3.63, 3.8) is 0 Å². The van der Waals surface area contributed by atoms with E-state index in [1.165, 1.54) is 7.11 Å². The second kappa shape index (κ2) is 10.9. The van der Waals surface area contributed by atoms with Gasteiger partial charge in [0.25, 0.3) is 0 Å². The van der Waals surface area contributed by atoms with Crippen molar-refractivity contribution in [2.24, 2.45) is 0 Å². The minimum Gasteiger partial charge on any atom is -0.478 e. The smallest absolute Gasteiger partial charge is 0.338 e. The van der Waals surface area contributed by atoms with Crippen LogP contribution in [0.4, 0.5) is 0 Å². The minimum atomic E-state index is -0.892. The molecule has 0 saturated carbocycles. The fraction of sp³-hybridized carbons (Fsp3) is 0.103. The lowest BCUT2D eigenvalue weighted by molar-refractivity contribution is 0.0600. The summed E-state index contributed by atoms with van der Waals surface area (Å²) < 4.78 is 4.81. The van der Waals surface area contributed by atoms with E-state index >= 15 is 0 Å². The molecule has 4 nitrogen and oxygen atoms in total. The standard InChI is InChI=1S/C15H14O2.C14H12O2/c1-11-8-9-13(12-6-4-3-5-7-12)14(10-11)15(16)17-2;1-10-6-8-11(9-7-10)12-4-2-3-5-13(12)14(15)16/h3-10H,1-2H3;2-9H,1H3,(H,15,16). The van der Waals surface area contributed by atoms with Crippen molar-refractivity contribution in [3.05, 3.63) is 119 Å². The monoisotopic (exact) mass is 438 g/mol. The summed E-state index contributed by atoms with van der Waals surface area (Å²) in [4.78, 5) is 22.8. The first kappa shape index (κ1) is 23.5. The summed E-state index contributed by atoms with van der Waals surface area (Å²) in [6, 6.07) is 30.5. The Morgan fingerprint density at radius 1 is 0.636 bits per heavy atom. The third kappa shape index (κ3) is 5.95. The van der Waals surface area contributed by atoms with Crippen LogP contribution in [0.25, 0.3) is 22.3 Å². The van der Waals surface area contributed by atoms with Gasteiger partial charge in [0.05, 0.1) is 18.2 Å². The van der Waals surface area contributed by atoms with Gasteiger partial charge in [-0.05, 0) is 48.2 Å². The number of hydrogen-bond acceptors (Lipinski definition) is 3. The first-order valence-corrected chi connectivity index (χ1v) is 10.5. The molecule has 0 aliphatic carbocycles. The van der Waals surface area contributed by atoms with E-state index in [-0.39, 0.29) is 5.97 Å². The van der Waals surface area contributed by atoms with E-state index in [0.717, 1.165) is 33.4 Å². The average Bonchev–Trinajstić information content (AvgIpc) is 2.85. The van der Waals surface area contributed by atoms with Gasteiger partial charge >= 0.3 is 11.9 Å². The molecule has 4 rings (SSSR count). The first-order chi connectivity index (χ1) is 15.9. The van der Waals surface area contributed by atoms with Gasteiger partial charge in [0, 0.05) is 0 Å². The summed E-state index contributed by atoms with van der Waals surface area (Å²) in [5.41, 5.74) is 6.78. The number of hydrogen-bond donors (Lipinski definition) is 1. The fourth-order valence-corrected chi connectivity index (χ4v) is 3.46. The molecule has 0 aliphatic heterocycles. The zero-order chi connectivity index (χ0) is 23.8. The van der Waals surface area contributed by atoms with Crippen LogP contribution < -0.4 is 0 Å². The number of aromatic carboxylic acids is 1. The lowest BCUT2D eigenvalue weighted by Gasteiger charge is -2.09. The van der Waals surface area contributed by atoms with E-state index in [1.807, 2.05) is 98.8 Å².